The Morgan fingerprint density at radius 1 is 1.05 bits per heavy atom. The van der Waals surface area contributed by atoms with E-state index in [1.807, 2.05) is 30.5 Å². The molecule has 1 N–H and O–H groups in total. The van der Waals surface area contributed by atoms with Crippen molar-refractivity contribution in [2.24, 2.45) is 0 Å². The van der Waals surface area contributed by atoms with Crippen LogP contribution >= 0.6 is 11.3 Å². The van der Waals surface area contributed by atoms with Gasteiger partial charge in [-0.2, -0.15) is 0 Å². The minimum atomic E-state index is 0.781. The van der Waals surface area contributed by atoms with Gasteiger partial charge in [0.1, 0.15) is 10.8 Å². The Bertz CT molecular complexity index is 725. The minimum Gasteiger partial charge on any atom is -0.497 e. The smallest absolute Gasteiger partial charge is 0.119 e. The van der Waals surface area contributed by atoms with Crippen LogP contribution in [0.25, 0.3) is 10.4 Å². The maximum absolute atomic E-state index is 5.27. The van der Waals surface area contributed by atoms with E-state index in [2.05, 4.69) is 40.6 Å². The van der Waals surface area contributed by atoms with Gasteiger partial charge in [0.2, 0.25) is 0 Å². The fourth-order valence-corrected chi connectivity index (χ4v) is 3.10. The van der Waals surface area contributed by atoms with Crippen LogP contribution in [0, 0.1) is 0 Å². The van der Waals surface area contributed by atoms with Crippen molar-refractivity contribution in [2.75, 3.05) is 7.11 Å². The molecule has 0 aliphatic carbocycles. The number of rotatable bonds is 6. The molecule has 0 amide bonds. The normalized spacial score (nSPS) is 10.6. The summed E-state index contributed by atoms with van der Waals surface area (Å²) >= 11 is 1.71. The van der Waals surface area contributed by atoms with Gasteiger partial charge in [0.05, 0.1) is 12.0 Å². The third-order valence-electron chi connectivity index (χ3n) is 3.36. The summed E-state index contributed by atoms with van der Waals surface area (Å²) in [5.41, 5.74) is 2.43. The van der Waals surface area contributed by atoms with Gasteiger partial charge in [-0.3, -0.25) is 0 Å². The molecule has 0 aliphatic heterocycles. The van der Waals surface area contributed by atoms with Gasteiger partial charge in [0.15, 0.2) is 0 Å². The second kappa shape index (κ2) is 7.20. The molecule has 0 atom stereocenters. The maximum atomic E-state index is 5.27. The van der Waals surface area contributed by atoms with Crippen LogP contribution in [0.2, 0.25) is 0 Å². The van der Waals surface area contributed by atoms with Crippen LogP contribution in [-0.2, 0) is 13.1 Å². The standard InChI is InChI=1S/C18H18N2OS/c1-21-16-9-5-8-15(10-16)17-12-20-18(22-17)13-19-11-14-6-3-2-4-7-14/h2-10,12,19H,11,13H2,1H3. The zero-order chi connectivity index (χ0) is 15.2. The molecule has 4 heteroatoms. The van der Waals surface area contributed by atoms with E-state index in [9.17, 15) is 0 Å². The Morgan fingerprint density at radius 3 is 2.73 bits per heavy atom. The molecule has 0 unspecified atom stereocenters. The number of ether oxygens (including phenoxy) is 1. The van der Waals surface area contributed by atoms with Gasteiger partial charge in [-0.25, -0.2) is 4.98 Å². The highest BCUT2D eigenvalue weighted by molar-refractivity contribution is 7.15. The predicted molar refractivity (Wildman–Crippen MR) is 91.1 cm³/mol. The predicted octanol–water partition coefficient (Wildman–Crippen LogP) is 4.11. The first-order chi connectivity index (χ1) is 10.8. The Morgan fingerprint density at radius 2 is 1.91 bits per heavy atom. The second-order valence-electron chi connectivity index (χ2n) is 4.94. The van der Waals surface area contributed by atoms with E-state index in [4.69, 9.17) is 4.74 Å². The SMILES string of the molecule is COc1cccc(-c2cnc(CNCc3ccccc3)s2)c1. The van der Waals surface area contributed by atoms with E-state index >= 15 is 0 Å². The first-order valence-corrected chi connectivity index (χ1v) is 8.00. The number of hydrogen-bond donors (Lipinski definition) is 1. The van der Waals surface area contributed by atoms with E-state index in [0.29, 0.717) is 0 Å². The number of thiazole rings is 1. The fourth-order valence-electron chi connectivity index (χ4n) is 2.21. The molecule has 0 aliphatic rings. The average Bonchev–Trinajstić information content (AvgIpc) is 3.05. The highest BCUT2D eigenvalue weighted by atomic mass is 32.1. The lowest BCUT2D eigenvalue weighted by molar-refractivity contribution is 0.415. The summed E-state index contributed by atoms with van der Waals surface area (Å²) in [6.45, 7) is 1.64. The first-order valence-electron chi connectivity index (χ1n) is 7.19. The van der Waals surface area contributed by atoms with Crippen LogP contribution in [0.1, 0.15) is 10.6 Å². The Labute approximate surface area is 134 Å². The molecule has 1 heterocycles. The van der Waals surface area contributed by atoms with Crippen LogP contribution in [0.4, 0.5) is 0 Å². The maximum Gasteiger partial charge on any atom is 0.119 e. The van der Waals surface area contributed by atoms with Gasteiger partial charge in [-0.15, -0.1) is 11.3 Å². The van der Waals surface area contributed by atoms with Crippen molar-refractivity contribution >= 4 is 11.3 Å². The highest BCUT2D eigenvalue weighted by Gasteiger charge is 2.05. The minimum absolute atomic E-state index is 0.781. The molecule has 2 aromatic carbocycles. The molecule has 112 valence electrons. The van der Waals surface area contributed by atoms with Crippen molar-refractivity contribution in [3.63, 3.8) is 0 Å². The van der Waals surface area contributed by atoms with Gasteiger partial charge in [0, 0.05) is 19.3 Å². The molecule has 3 aromatic rings. The van der Waals surface area contributed by atoms with Crippen molar-refractivity contribution in [2.45, 2.75) is 13.1 Å². The van der Waals surface area contributed by atoms with E-state index in [1.165, 1.54) is 5.56 Å². The zero-order valence-electron chi connectivity index (χ0n) is 12.5. The van der Waals surface area contributed by atoms with E-state index < -0.39 is 0 Å². The summed E-state index contributed by atoms with van der Waals surface area (Å²) < 4.78 is 5.27. The van der Waals surface area contributed by atoms with Crippen molar-refractivity contribution in [3.8, 4) is 16.2 Å². The first kappa shape index (κ1) is 14.8. The molecule has 0 fully saturated rings. The Hall–Kier alpha value is -2.17. The summed E-state index contributed by atoms with van der Waals surface area (Å²) in [6, 6.07) is 18.5. The summed E-state index contributed by atoms with van der Waals surface area (Å²) in [7, 11) is 1.69. The van der Waals surface area contributed by atoms with Crippen LogP contribution in [0.3, 0.4) is 0 Å². The average molecular weight is 310 g/mol. The molecular formula is C18H18N2OS. The van der Waals surface area contributed by atoms with Crippen LogP contribution in [-0.4, -0.2) is 12.1 Å². The van der Waals surface area contributed by atoms with Gasteiger partial charge in [0.25, 0.3) is 0 Å². The molecule has 0 saturated heterocycles. The van der Waals surface area contributed by atoms with Crippen molar-refractivity contribution < 1.29 is 4.74 Å². The summed E-state index contributed by atoms with van der Waals surface area (Å²) in [5.74, 6) is 0.870. The molecule has 3 rings (SSSR count). The van der Waals surface area contributed by atoms with Gasteiger partial charge < -0.3 is 10.1 Å². The number of nitrogens with one attached hydrogen (secondary N) is 1. The molecule has 0 radical (unpaired) electrons. The lowest BCUT2D eigenvalue weighted by Gasteiger charge is -2.02. The number of methoxy groups -OCH3 is 1. The number of nitrogens with zero attached hydrogens (tertiary/aromatic N) is 1. The summed E-state index contributed by atoms with van der Waals surface area (Å²) in [5, 5.41) is 4.52. The fraction of sp³-hybridized carbons (Fsp3) is 0.167. The molecule has 0 saturated carbocycles. The molecule has 1 aromatic heterocycles. The van der Waals surface area contributed by atoms with Crippen LogP contribution in [0.5, 0.6) is 5.75 Å². The Balaban J connectivity index is 1.61. The molecule has 22 heavy (non-hydrogen) atoms. The van der Waals surface area contributed by atoms with Crippen LogP contribution in [0.15, 0.2) is 60.8 Å². The van der Waals surface area contributed by atoms with Gasteiger partial charge >= 0.3 is 0 Å². The quantitative estimate of drug-likeness (QED) is 0.744. The Kier molecular flexibility index (Phi) is 4.83. The lowest BCUT2D eigenvalue weighted by Crippen LogP contribution is -2.12. The highest BCUT2D eigenvalue weighted by Crippen LogP contribution is 2.28. The molecule has 0 bridgehead atoms. The largest absolute Gasteiger partial charge is 0.497 e. The van der Waals surface area contributed by atoms with Crippen molar-refractivity contribution in [3.05, 3.63) is 71.4 Å². The number of aromatic nitrogens is 1. The van der Waals surface area contributed by atoms with Crippen LogP contribution < -0.4 is 10.1 Å². The monoisotopic (exact) mass is 310 g/mol. The topological polar surface area (TPSA) is 34.1 Å². The van der Waals surface area contributed by atoms with Gasteiger partial charge in [-0.05, 0) is 23.3 Å². The molecule has 0 spiro atoms. The molecule has 3 nitrogen and oxygen atoms in total. The van der Waals surface area contributed by atoms with E-state index in [-0.39, 0.29) is 0 Å². The van der Waals surface area contributed by atoms with E-state index in [1.54, 1.807) is 18.4 Å². The zero-order valence-corrected chi connectivity index (χ0v) is 13.3. The number of benzene rings is 2. The summed E-state index contributed by atoms with van der Waals surface area (Å²) in [6.07, 6.45) is 1.93. The number of hydrogen-bond acceptors (Lipinski definition) is 4. The summed E-state index contributed by atoms with van der Waals surface area (Å²) in [4.78, 5) is 5.66. The van der Waals surface area contributed by atoms with Crippen molar-refractivity contribution in [1.29, 1.82) is 0 Å². The third kappa shape index (κ3) is 3.72. The lowest BCUT2D eigenvalue weighted by atomic mass is 10.2. The van der Waals surface area contributed by atoms with Crippen molar-refractivity contribution in [1.82, 2.24) is 10.3 Å². The van der Waals surface area contributed by atoms with E-state index in [0.717, 1.165) is 34.3 Å². The second-order valence-corrected chi connectivity index (χ2v) is 6.05. The molecular weight excluding hydrogens is 292 g/mol. The third-order valence-corrected chi connectivity index (χ3v) is 4.40. The van der Waals surface area contributed by atoms with Gasteiger partial charge in [-0.1, -0.05) is 42.5 Å².